The zero-order chi connectivity index (χ0) is 22.1. The average molecular weight is 416 g/mol. The molecule has 168 valence electrons. The maximum atomic E-state index is 12.6. The van der Waals surface area contributed by atoms with Crippen molar-refractivity contribution in [2.24, 2.45) is 11.3 Å². The molecule has 0 bridgehead atoms. The minimum absolute atomic E-state index is 0.0871. The van der Waals surface area contributed by atoms with Crippen LogP contribution in [0.25, 0.3) is 0 Å². The van der Waals surface area contributed by atoms with Crippen LogP contribution >= 0.6 is 0 Å². The first kappa shape index (κ1) is 24.2. The fourth-order valence-corrected chi connectivity index (χ4v) is 4.27. The summed E-state index contributed by atoms with van der Waals surface area (Å²) in [6, 6.07) is 8.06. The minimum Gasteiger partial charge on any atom is -0.368 e. The topological polar surface area (TPSA) is 52.7 Å². The van der Waals surface area contributed by atoms with E-state index in [4.69, 9.17) is 0 Å². The maximum Gasteiger partial charge on any atom is 0.224 e. The van der Waals surface area contributed by atoms with Gasteiger partial charge in [0.05, 0.1) is 0 Å². The number of hydrogen-bond acceptors (Lipinski definition) is 3. The minimum atomic E-state index is 0.0871. The number of nitrogens with zero attached hydrogens (tertiary/aromatic N) is 2. The maximum absolute atomic E-state index is 12.6. The summed E-state index contributed by atoms with van der Waals surface area (Å²) in [7, 11) is 0. The third-order valence-electron chi connectivity index (χ3n) is 5.64. The highest BCUT2D eigenvalue weighted by Crippen LogP contribution is 2.27. The lowest BCUT2D eigenvalue weighted by Crippen LogP contribution is -2.49. The number of carbonyl (C=O) groups excluding carboxylic acids is 2. The van der Waals surface area contributed by atoms with Crippen LogP contribution in [0.1, 0.15) is 73.1 Å². The summed E-state index contributed by atoms with van der Waals surface area (Å²) >= 11 is 0. The number of piperazine rings is 1. The largest absolute Gasteiger partial charge is 0.368 e. The van der Waals surface area contributed by atoms with Gasteiger partial charge in [-0.1, -0.05) is 47.5 Å². The summed E-state index contributed by atoms with van der Waals surface area (Å²) in [4.78, 5) is 28.9. The molecular formula is C25H41N3O2. The van der Waals surface area contributed by atoms with Crippen molar-refractivity contribution in [2.75, 3.05) is 36.4 Å². The lowest BCUT2D eigenvalue weighted by molar-refractivity contribution is -0.132. The lowest BCUT2D eigenvalue weighted by atomic mass is 9.84. The SMILES string of the molecule is CCCCCC(=O)Nc1ccc(N2CCN(C(=O)C[C@H](C)CC(C)(C)C)CC2)cc1. The highest BCUT2D eigenvalue weighted by Gasteiger charge is 2.24. The Bertz CT molecular complexity index is 671. The van der Waals surface area contributed by atoms with Crippen LogP contribution in [0.4, 0.5) is 11.4 Å². The highest BCUT2D eigenvalue weighted by molar-refractivity contribution is 5.90. The van der Waals surface area contributed by atoms with Crippen LogP contribution in [0, 0.1) is 11.3 Å². The second-order valence-electron chi connectivity index (χ2n) is 9.99. The zero-order valence-corrected chi connectivity index (χ0v) is 19.7. The monoisotopic (exact) mass is 415 g/mol. The fraction of sp³-hybridized carbons (Fsp3) is 0.680. The summed E-state index contributed by atoms with van der Waals surface area (Å²) in [5.74, 6) is 0.789. The Labute approximate surface area is 183 Å². The molecule has 0 aliphatic carbocycles. The van der Waals surface area contributed by atoms with Gasteiger partial charge in [-0.25, -0.2) is 0 Å². The van der Waals surface area contributed by atoms with E-state index in [-0.39, 0.29) is 17.2 Å². The molecule has 0 unspecified atom stereocenters. The first-order chi connectivity index (χ1) is 14.2. The molecule has 1 heterocycles. The lowest BCUT2D eigenvalue weighted by Gasteiger charge is -2.37. The predicted molar refractivity (Wildman–Crippen MR) is 126 cm³/mol. The number of hydrogen-bond donors (Lipinski definition) is 1. The number of rotatable bonds is 9. The van der Waals surface area contributed by atoms with Gasteiger partial charge >= 0.3 is 0 Å². The number of nitrogens with one attached hydrogen (secondary N) is 1. The molecule has 0 aromatic heterocycles. The van der Waals surface area contributed by atoms with Crippen LogP contribution in [0.3, 0.4) is 0 Å². The molecule has 1 N–H and O–H groups in total. The van der Waals surface area contributed by atoms with Crippen molar-refractivity contribution in [1.29, 1.82) is 0 Å². The quantitative estimate of drug-likeness (QED) is 0.556. The van der Waals surface area contributed by atoms with E-state index in [0.29, 0.717) is 18.8 Å². The molecule has 2 rings (SSSR count). The van der Waals surface area contributed by atoms with Crippen LogP contribution in [0.5, 0.6) is 0 Å². The molecular weight excluding hydrogens is 374 g/mol. The molecule has 5 heteroatoms. The zero-order valence-electron chi connectivity index (χ0n) is 19.7. The Morgan fingerprint density at radius 2 is 1.67 bits per heavy atom. The van der Waals surface area contributed by atoms with Gasteiger partial charge in [-0.05, 0) is 48.4 Å². The molecule has 0 radical (unpaired) electrons. The second-order valence-corrected chi connectivity index (χ2v) is 9.99. The number of benzene rings is 1. The van der Waals surface area contributed by atoms with Gasteiger partial charge in [0, 0.05) is 50.4 Å². The van der Waals surface area contributed by atoms with E-state index in [0.717, 1.165) is 63.2 Å². The molecule has 1 aromatic carbocycles. The number of anilines is 2. The second kappa shape index (κ2) is 11.4. The van der Waals surface area contributed by atoms with Gasteiger partial charge in [-0.2, -0.15) is 0 Å². The molecule has 0 spiro atoms. The van der Waals surface area contributed by atoms with E-state index in [1.54, 1.807) is 0 Å². The van der Waals surface area contributed by atoms with Crippen LogP contribution in [-0.2, 0) is 9.59 Å². The summed E-state index contributed by atoms with van der Waals surface area (Å²) in [6.45, 7) is 14.3. The number of unbranched alkanes of at least 4 members (excludes halogenated alkanes) is 2. The Hall–Kier alpha value is -2.04. The average Bonchev–Trinajstić information content (AvgIpc) is 2.67. The first-order valence-corrected chi connectivity index (χ1v) is 11.6. The molecule has 1 saturated heterocycles. The number of carbonyl (C=O) groups is 2. The third-order valence-corrected chi connectivity index (χ3v) is 5.64. The molecule has 5 nitrogen and oxygen atoms in total. The third kappa shape index (κ3) is 8.37. The molecule has 1 atom stereocenters. The van der Waals surface area contributed by atoms with E-state index in [1.807, 2.05) is 17.0 Å². The summed E-state index contributed by atoms with van der Waals surface area (Å²) in [6.07, 6.45) is 5.45. The smallest absolute Gasteiger partial charge is 0.224 e. The molecule has 30 heavy (non-hydrogen) atoms. The molecule has 1 aromatic rings. The number of amides is 2. The standard InChI is InChI=1S/C25H41N3O2/c1-6-7-8-9-23(29)26-21-10-12-22(13-11-21)27-14-16-28(17-15-27)24(30)18-20(2)19-25(3,4)5/h10-13,20H,6-9,14-19H2,1-5H3,(H,26,29)/t20-/m0/s1. The van der Waals surface area contributed by atoms with Gasteiger partial charge in [0.15, 0.2) is 0 Å². The Kier molecular flexibility index (Phi) is 9.19. The van der Waals surface area contributed by atoms with Crippen LogP contribution in [-0.4, -0.2) is 42.9 Å². The van der Waals surface area contributed by atoms with Crippen LogP contribution in [0.15, 0.2) is 24.3 Å². The molecule has 2 amide bonds. The van der Waals surface area contributed by atoms with Gasteiger partial charge in [0.2, 0.25) is 11.8 Å². The van der Waals surface area contributed by atoms with Crippen molar-refractivity contribution in [3.05, 3.63) is 24.3 Å². The van der Waals surface area contributed by atoms with Gasteiger partial charge in [0.1, 0.15) is 0 Å². The molecule has 1 aliphatic heterocycles. The van der Waals surface area contributed by atoms with Gasteiger partial charge < -0.3 is 15.1 Å². The normalized spacial score (nSPS) is 15.8. The Morgan fingerprint density at radius 3 is 2.23 bits per heavy atom. The molecule has 1 aliphatic rings. The molecule has 0 saturated carbocycles. The van der Waals surface area contributed by atoms with E-state index >= 15 is 0 Å². The van der Waals surface area contributed by atoms with E-state index in [9.17, 15) is 9.59 Å². The van der Waals surface area contributed by atoms with Crippen LogP contribution in [0.2, 0.25) is 0 Å². The van der Waals surface area contributed by atoms with E-state index in [2.05, 4.69) is 57.0 Å². The Morgan fingerprint density at radius 1 is 1.03 bits per heavy atom. The van der Waals surface area contributed by atoms with Crippen molar-refractivity contribution in [1.82, 2.24) is 4.90 Å². The van der Waals surface area contributed by atoms with Crippen molar-refractivity contribution >= 4 is 23.2 Å². The van der Waals surface area contributed by atoms with Crippen molar-refractivity contribution < 1.29 is 9.59 Å². The summed E-state index contributed by atoms with van der Waals surface area (Å²) in [5, 5.41) is 2.98. The van der Waals surface area contributed by atoms with Crippen molar-refractivity contribution in [3.8, 4) is 0 Å². The van der Waals surface area contributed by atoms with Crippen molar-refractivity contribution in [2.45, 2.75) is 73.1 Å². The van der Waals surface area contributed by atoms with Gasteiger partial charge in [-0.3, -0.25) is 9.59 Å². The van der Waals surface area contributed by atoms with E-state index < -0.39 is 0 Å². The van der Waals surface area contributed by atoms with E-state index in [1.165, 1.54) is 0 Å². The summed E-state index contributed by atoms with van der Waals surface area (Å²) < 4.78 is 0. The van der Waals surface area contributed by atoms with Crippen molar-refractivity contribution in [3.63, 3.8) is 0 Å². The van der Waals surface area contributed by atoms with Gasteiger partial charge in [-0.15, -0.1) is 0 Å². The van der Waals surface area contributed by atoms with Crippen LogP contribution < -0.4 is 10.2 Å². The summed E-state index contributed by atoms with van der Waals surface area (Å²) in [5.41, 5.74) is 2.26. The van der Waals surface area contributed by atoms with Gasteiger partial charge in [0.25, 0.3) is 0 Å². The Balaban J connectivity index is 1.78. The highest BCUT2D eigenvalue weighted by atomic mass is 16.2. The fourth-order valence-electron chi connectivity index (χ4n) is 4.27. The molecule has 1 fully saturated rings. The predicted octanol–water partition coefficient (Wildman–Crippen LogP) is 5.32. The first-order valence-electron chi connectivity index (χ1n) is 11.6.